The summed E-state index contributed by atoms with van der Waals surface area (Å²) in [7, 11) is 1.72. The Morgan fingerprint density at radius 2 is 1.59 bits per heavy atom. The summed E-state index contributed by atoms with van der Waals surface area (Å²) in [4.78, 5) is 7.86. The largest absolute Gasteiger partial charge is 0.373 e. The minimum Gasteiger partial charge on any atom is -0.373 e. The molecule has 6 heteroatoms. The lowest BCUT2D eigenvalue weighted by atomic mass is 10.3. The van der Waals surface area contributed by atoms with Crippen molar-refractivity contribution in [1.29, 1.82) is 0 Å². The maximum absolute atomic E-state index is 13.0. The molecule has 0 spiro atoms. The molecule has 1 aromatic carbocycles. The molecule has 0 saturated carbocycles. The maximum Gasteiger partial charge on any atom is 0.135 e. The van der Waals surface area contributed by atoms with E-state index < -0.39 is 11.6 Å². The zero-order valence-corrected chi connectivity index (χ0v) is 9.04. The van der Waals surface area contributed by atoms with E-state index >= 15 is 0 Å². The van der Waals surface area contributed by atoms with Gasteiger partial charge in [-0.25, -0.2) is 18.7 Å². The fraction of sp³-hybridized carbons (Fsp3) is 0.0909. The van der Waals surface area contributed by atoms with Crippen molar-refractivity contribution in [2.75, 3.05) is 17.7 Å². The summed E-state index contributed by atoms with van der Waals surface area (Å²) in [6.07, 6.45) is 1.35. The molecular weight excluding hydrogens is 226 g/mol. The third kappa shape index (κ3) is 2.87. The van der Waals surface area contributed by atoms with Gasteiger partial charge in [0.25, 0.3) is 0 Å². The summed E-state index contributed by atoms with van der Waals surface area (Å²) in [5.41, 5.74) is 0.295. The number of anilines is 3. The van der Waals surface area contributed by atoms with Gasteiger partial charge in [0.2, 0.25) is 0 Å². The molecule has 2 aromatic rings. The monoisotopic (exact) mass is 236 g/mol. The molecule has 0 atom stereocenters. The normalized spacial score (nSPS) is 10.1. The van der Waals surface area contributed by atoms with Crippen molar-refractivity contribution in [1.82, 2.24) is 9.97 Å². The second-order valence-corrected chi connectivity index (χ2v) is 3.32. The lowest BCUT2D eigenvalue weighted by Gasteiger charge is -2.06. The van der Waals surface area contributed by atoms with Crippen LogP contribution in [0.5, 0.6) is 0 Å². The Labute approximate surface area is 96.7 Å². The summed E-state index contributed by atoms with van der Waals surface area (Å²) >= 11 is 0. The Morgan fingerprint density at radius 3 is 2.24 bits per heavy atom. The summed E-state index contributed by atoms with van der Waals surface area (Å²) < 4.78 is 25.9. The van der Waals surface area contributed by atoms with Gasteiger partial charge in [-0.1, -0.05) is 0 Å². The zero-order chi connectivity index (χ0) is 12.3. The SMILES string of the molecule is CNc1cc(Nc2cc(F)cc(F)c2)ncn1. The van der Waals surface area contributed by atoms with Gasteiger partial charge in [-0.05, 0) is 12.1 Å². The molecule has 0 saturated heterocycles. The summed E-state index contributed by atoms with van der Waals surface area (Å²) in [5, 5.41) is 5.63. The Morgan fingerprint density at radius 1 is 0.941 bits per heavy atom. The lowest BCUT2D eigenvalue weighted by Crippen LogP contribution is -1.98. The number of aromatic nitrogens is 2. The minimum atomic E-state index is -0.643. The van der Waals surface area contributed by atoms with Crippen LogP contribution in [0.2, 0.25) is 0 Å². The molecule has 2 rings (SSSR count). The third-order valence-electron chi connectivity index (χ3n) is 2.06. The van der Waals surface area contributed by atoms with Gasteiger partial charge in [0.15, 0.2) is 0 Å². The molecule has 17 heavy (non-hydrogen) atoms. The van der Waals surface area contributed by atoms with Crippen molar-refractivity contribution >= 4 is 17.3 Å². The van der Waals surface area contributed by atoms with Crippen LogP contribution < -0.4 is 10.6 Å². The average molecular weight is 236 g/mol. The molecule has 0 bridgehead atoms. The molecule has 0 aliphatic carbocycles. The van der Waals surface area contributed by atoms with E-state index in [1.165, 1.54) is 18.5 Å². The first-order valence-corrected chi connectivity index (χ1v) is 4.90. The van der Waals surface area contributed by atoms with E-state index in [1.807, 2.05) is 0 Å². The van der Waals surface area contributed by atoms with Gasteiger partial charge in [-0.3, -0.25) is 0 Å². The molecule has 0 aliphatic heterocycles. The summed E-state index contributed by atoms with van der Waals surface area (Å²) in [6.45, 7) is 0. The van der Waals surface area contributed by atoms with Crippen molar-refractivity contribution in [3.63, 3.8) is 0 Å². The predicted octanol–water partition coefficient (Wildman–Crippen LogP) is 2.54. The second kappa shape index (κ2) is 4.73. The Kier molecular flexibility index (Phi) is 3.13. The fourth-order valence-corrected chi connectivity index (χ4v) is 1.34. The average Bonchev–Trinajstić information content (AvgIpc) is 2.28. The van der Waals surface area contributed by atoms with Crippen LogP contribution in [0.25, 0.3) is 0 Å². The highest BCUT2D eigenvalue weighted by Gasteiger charge is 2.02. The van der Waals surface area contributed by atoms with Crippen LogP contribution in [0.3, 0.4) is 0 Å². The number of halogens is 2. The van der Waals surface area contributed by atoms with Gasteiger partial charge in [-0.15, -0.1) is 0 Å². The van der Waals surface area contributed by atoms with Crippen molar-refractivity contribution in [3.05, 3.63) is 42.2 Å². The molecule has 4 nitrogen and oxygen atoms in total. The van der Waals surface area contributed by atoms with Crippen LogP contribution in [-0.2, 0) is 0 Å². The standard InChI is InChI=1S/C11H10F2N4/c1-14-10-5-11(16-6-15-10)17-9-3-7(12)2-8(13)4-9/h2-6H,1H3,(H2,14,15,16,17). The van der Waals surface area contributed by atoms with Crippen LogP contribution in [0.15, 0.2) is 30.6 Å². The van der Waals surface area contributed by atoms with Crippen LogP contribution in [0, 0.1) is 11.6 Å². The molecule has 88 valence electrons. The van der Waals surface area contributed by atoms with Gasteiger partial charge in [0, 0.05) is 24.9 Å². The number of hydrogen-bond donors (Lipinski definition) is 2. The Bertz CT molecular complexity index is 510. The first-order valence-electron chi connectivity index (χ1n) is 4.90. The second-order valence-electron chi connectivity index (χ2n) is 3.32. The van der Waals surface area contributed by atoms with Crippen LogP contribution in [0.4, 0.5) is 26.1 Å². The van der Waals surface area contributed by atoms with E-state index in [2.05, 4.69) is 20.6 Å². The highest BCUT2D eigenvalue weighted by molar-refractivity contribution is 5.58. The first-order chi connectivity index (χ1) is 8.17. The van der Waals surface area contributed by atoms with Crippen molar-refractivity contribution in [3.8, 4) is 0 Å². The minimum absolute atomic E-state index is 0.295. The van der Waals surface area contributed by atoms with Crippen LogP contribution in [0.1, 0.15) is 0 Å². The van der Waals surface area contributed by atoms with E-state index in [-0.39, 0.29) is 0 Å². The van der Waals surface area contributed by atoms with Gasteiger partial charge in [0.05, 0.1) is 0 Å². The van der Waals surface area contributed by atoms with E-state index in [9.17, 15) is 8.78 Å². The number of nitrogens with zero attached hydrogens (tertiary/aromatic N) is 2. The lowest BCUT2D eigenvalue weighted by molar-refractivity contribution is 0.584. The Hall–Kier alpha value is -2.24. The van der Waals surface area contributed by atoms with Crippen LogP contribution in [-0.4, -0.2) is 17.0 Å². The third-order valence-corrected chi connectivity index (χ3v) is 2.06. The Balaban J connectivity index is 2.24. The highest BCUT2D eigenvalue weighted by Crippen LogP contribution is 2.18. The summed E-state index contributed by atoms with van der Waals surface area (Å²) in [5.74, 6) is -0.223. The van der Waals surface area contributed by atoms with Gasteiger partial charge >= 0.3 is 0 Å². The summed E-state index contributed by atoms with van der Waals surface area (Å²) in [6, 6.07) is 4.81. The van der Waals surface area contributed by atoms with E-state index in [0.717, 1.165) is 6.07 Å². The van der Waals surface area contributed by atoms with Crippen LogP contribution >= 0.6 is 0 Å². The molecule has 0 radical (unpaired) electrons. The van der Waals surface area contributed by atoms with Gasteiger partial charge in [-0.2, -0.15) is 0 Å². The highest BCUT2D eigenvalue weighted by atomic mass is 19.1. The zero-order valence-electron chi connectivity index (χ0n) is 9.04. The van der Waals surface area contributed by atoms with E-state index in [0.29, 0.717) is 17.3 Å². The molecule has 2 N–H and O–H groups in total. The maximum atomic E-state index is 13.0. The molecular formula is C11H10F2N4. The van der Waals surface area contributed by atoms with E-state index in [1.54, 1.807) is 13.1 Å². The first kappa shape index (κ1) is 11.3. The van der Waals surface area contributed by atoms with Crippen molar-refractivity contribution in [2.24, 2.45) is 0 Å². The molecule has 1 heterocycles. The smallest absolute Gasteiger partial charge is 0.135 e. The van der Waals surface area contributed by atoms with Crippen molar-refractivity contribution < 1.29 is 8.78 Å². The molecule has 0 fully saturated rings. The number of hydrogen-bond acceptors (Lipinski definition) is 4. The molecule has 0 amide bonds. The molecule has 0 unspecified atom stereocenters. The van der Waals surface area contributed by atoms with Crippen molar-refractivity contribution in [2.45, 2.75) is 0 Å². The number of nitrogens with one attached hydrogen (secondary N) is 2. The fourth-order valence-electron chi connectivity index (χ4n) is 1.34. The van der Waals surface area contributed by atoms with Gasteiger partial charge < -0.3 is 10.6 Å². The van der Waals surface area contributed by atoms with Gasteiger partial charge in [0.1, 0.15) is 29.6 Å². The number of benzene rings is 1. The molecule has 1 aromatic heterocycles. The number of rotatable bonds is 3. The van der Waals surface area contributed by atoms with E-state index in [4.69, 9.17) is 0 Å². The molecule has 0 aliphatic rings. The topological polar surface area (TPSA) is 49.8 Å². The predicted molar refractivity (Wildman–Crippen MR) is 61.2 cm³/mol. The quantitative estimate of drug-likeness (QED) is 0.859.